The van der Waals surface area contributed by atoms with E-state index in [1.165, 1.54) is 0 Å². The van der Waals surface area contributed by atoms with E-state index in [4.69, 9.17) is 1.37 Å². The zero-order valence-electron chi connectivity index (χ0n) is 5.77. The van der Waals surface area contributed by atoms with Crippen LogP contribution in [0.3, 0.4) is 0 Å². The minimum absolute atomic E-state index is 0.0696. The molecule has 0 heterocycles. The fourth-order valence-corrected chi connectivity index (χ4v) is 1.08. The van der Waals surface area contributed by atoms with Crippen molar-refractivity contribution in [1.82, 2.24) is 0 Å². The molecular weight excluding hydrogens is 201 g/mol. The van der Waals surface area contributed by atoms with Crippen molar-refractivity contribution in [2.75, 3.05) is 0 Å². The summed E-state index contributed by atoms with van der Waals surface area (Å²) in [5.41, 5.74) is 0. The van der Waals surface area contributed by atoms with E-state index in [2.05, 4.69) is 0 Å². The maximum atomic E-state index is 12.4. The van der Waals surface area contributed by atoms with E-state index >= 15 is 0 Å². The van der Waals surface area contributed by atoms with Crippen LogP contribution in [0.4, 0.5) is 8.78 Å². The molecule has 1 rings (SSSR count). The van der Waals surface area contributed by atoms with Gasteiger partial charge in [0.2, 0.25) is 0 Å². The molecule has 0 unspecified atom stereocenters. The molecule has 0 amide bonds. The molecule has 0 fully saturated rings. The van der Waals surface area contributed by atoms with Gasteiger partial charge in [0.25, 0.3) is 0 Å². The zero-order chi connectivity index (χ0) is 8.43. The Balaban J connectivity index is 3.31. The molecule has 4 heteroatoms. The maximum absolute atomic E-state index is 12.4. The Morgan fingerprint density at radius 1 is 1.50 bits per heavy atom. The predicted octanol–water partition coefficient (Wildman–Crippen LogP) is 0.640. The van der Waals surface area contributed by atoms with Gasteiger partial charge in [0.05, 0.1) is 0 Å². The Labute approximate surface area is 64.4 Å². The molecule has 1 nitrogen and oxygen atoms in total. The van der Waals surface area contributed by atoms with Gasteiger partial charge >= 0.3 is 63.7 Å². The van der Waals surface area contributed by atoms with Crippen LogP contribution in [-0.4, -0.2) is 15.7 Å². The van der Waals surface area contributed by atoms with Crippen LogP contribution in [0.5, 0.6) is 0 Å². The van der Waals surface area contributed by atoms with Gasteiger partial charge in [-0.05, 0) is 0 Å². The van der Waals surface area contributed by atoms with Crippen molar-refractivity contribution in [2.24, 2.45) is 0 Å². The van der Waals surface area contributed by atoms with Crippen molar-refractivity contribution in [1.29, 1.82) is 0 Å². The van der Waals surface area contributed by atoms with Gasteiger partial charge in [-0.15, -0.1) is 0 Å². The Hall–Kier alpha value is -0.562. The molecule has 0 N–H and O–H groups in total. The van der Waals surface area contributed by atoms with Gasteiger partial charge < -0.3 is 0 Å². The second kappa shape index (κ2) is 3.02. The first-order valence-electron chi connectivity index (χ1n) is 2.94. The van der Waals surface area contributed by atoms with Gasteiger partial charge in [-0.2, -0.15) is 0 Å². The van der Waals surface area contributed by atoms with Crippen molar-refractivity contribution < 1.29 is 13.9 Å². The predicted molar refractivity (Wildman–Crippen MR) is 32.4 cm³/mol. The number of halogens is 2. The summed E-state index contributed by atoms with van der Waals surface area (Å²) in [7, 11) is 0. The third-order valence-corrected chi connectivity index (χ3v) is 1.89. The van der Waals surface area contributed by atoms with E-state index in [0.717, 1.165) is 12.1 Å². The molecule has 10 heavy (non-hydrogen) atoms. The van der Waals surface area contributed by atoms with Crippen molar-refractivity contribution in [3.05, 3.63) is 29.8 Å². The Morgan fingerprint density at radius 2 is 2.20 bits per heavy atom. The molecule has 0 bridgehead atoms. The monoisotopic (exact) mass is 205 g/mol. The summed E-state index contributed by atoms with van der Waals surface area (Å²) in [5.74, 6) is -2.13. The first-order valence-corrected chi connectivity index (χ1v) is 4.14. The summed E-state index contributed by atoms with van der Waals surface area (Å²) in [5, 5.41) is 0. The average molecular weight is 205 g/mol. The minimum atomic E-state index is -1.45. The topological polar surface area (TPSA) is 17.1 Å². The third-order valence-electron chi connectivity index (χ3n) is 0.937. The molecule has 52 valence electrons. The number of rotatable bonds is 1. The van der Waals surface area contributed by atoms with E-state index in [9.17, 15) is 12.5 Å². The zero-order valence-corrected chi connectivity index (χ0v) is 6.64. The van der Waals surface area contributed by atoms with Crippen LogP contribution >= 0.6 is 0 Å². The molecule has 0 radical (unpaired) electrons. The van der Waals surface area contributed by atoms with E-state index in [0.29, 0.717) is 0 Å². The molecule has 0 spiro atoms. The molecule has 1 aromatic rings. The normalized spacial score (nSPS) is 11.6. The number of hydrogen-bond donors (Lipinski definition) is 0. The van der Waals surface area contributed by atoms with Crippen LogP contribution in [0, 0.1) is 11.6 Å². The van der Waals surface area contributed by atoms with Crippen LogP contribution in [0.15, 0.2) is 18.2 Å². The Bertz CT molecular complexity index is 303. The molecule has 0 aromatic heterocycles. The molecule has 0 aliphatic carbocycles. The van der Waals surface area contributed by atoms with E-state index in [1.54, 1.807) is 0 Å². The fraction of sp³-hybridized carbons (Fsp3) is 0. The van der Waals surface area contributed by atoms with Crippen LogP contribution in [0.25, 0.3) is 0 Å². The average Bonchev–Trinajstić information content (AvgIpc) is 1.97. The number of benzene rings is 1. The van der Waals surface area contributed by atoms with Crippen LogP contribution in [0.1, 0.15) is 1.37 Å². The summed E-state index contributed by atoms with van der Waals surface area (Å²) in [6.07, 6.45) is 0. The first kappa shape index (κ1) is 6.17. The van der Waals surface area contributed by atoms with Gasteiger partial charge in [-0.25, -0.2) is 0 Å². The van der Waals surface area contributed by atoms with Crippen LogP contribution in [0.2, 0.25) is 0 Å². The quantitative estimate of drug-likeness (QED) is 0.615. The summed E-state index contributed by atoms with van der Waals surface area (Å²) in [6.45, 7) is 0. The van der Waals surface area contributed by atoms with Gasteiger partial charge in [0.15, 0.2) is 0 Å². The van der Waals surface area contributed by atoms with Crippen molar-refractivity contribution in [3.63, 3.8) is 0 Å². The first-order chi connectivity index (χ1) is 5.15. The Morgan fingerprint density at radius 3 is 2.80 bits per heavy atom. The van der Waals surface area contributed by atoms with Gasteiger partial charge in [-0.3, -0.25) is 0 Å². The van der Waals surface area contributed by atoms with E-state index < -0.39 is 27.3 Å². The molecule has 0 aliphatic rings. The Kier molecular flexibility index (Phi) is 1.86. The van der Waals surface area contributed by atoms with Crippen LogP contribution < -0.4 is 4.35 Å². The molecule has 0 saturated carbocycles. The van der Waals surface area contributed by atoms with Crippen molar-refractivity contribution in [2.45, 2.75) is 0 Å². The fourth-order valence-electron chi connectivity index (χ4n) is 0.490. The summed E-state index contributed by atoms with van der Waals surface area (Å²) < 4.78 is 42.1. The molecule has 0 saturated heterocycles. The van der Waals surface area contributed by atoms with E-state index in [-0.39, 0.29) is 10.4 Å². The standard InChI is InChI=1S/C6H3AsF2O/c8-5-2-1-4(7-10)3-6(5)9/h1-3H/i1D. The van der Waals surface area contributed by atoms with Gasteiger partial charge in [0, 0.05) is 0 Å². The second-order valence-corrected chi connectivity index (χ2v) is 3.00. The van der Waals surface area contributed by atoms with Gasteiger partial charge in [-0.1, -0.05) is 0 Å². The molecular formula is C6H3AsF2O. The second-order valence-electron chi connectivity index (χ2n) is 1.61. The van der Waals surface area contributed by atoms with Crippen LogP contribution in [-0.2, 0) is 3.74 Å². The van der Waals surface area contributed by atoms with Gasteiger partial charge in [0.1, 0.15) is 0 Å². The van der Waals surface area contributed by atoms with Crippen molar-refractivity contribution in [3.8, 4) is 0 Å². The van der Waals surface area contributed by atoms with Crippen molar-refractivity contribution >= 4 is 20.0 Å². The molecule has 0 aliphatic heterocycles. The summed E-state index contributed by atoms with van der Waals surface area (Å²) in [4.78, 5) is 0. The molecule has 0 atom stereocenters. The summed E-state index contributed by atoms with van der Waals surface area (Å²) >= 11 is -1.45. The van der Waals surface area contributed by atoms with E-state index in [1.807, 2.05) is 0 Å². The summed E-state index contributed by atoms with van der Waals surface area (Å²) in [6, 6.07) is 1.31. The third kappa shape index (κ3) is 1.48. The molecule has 1 aromatic carbocycles. The SMILES string of the molecule is [2H]c1cc(F)c(F)cc1[As]=O. The number of hydrogen-bond acceptors (Lipinski definition) is 1.